The molecule has 0 bridgehead atoms. The van der Waals surface area contributed by atoms with Crippen molar-refractivity contribution in [1.29, 1.82) is 0 Å². The molecule has 1 amide bonds. The highest BCUT2D eigenvalue weighted by atomic mass is 16.3. The maximum atomic E-state index is 11.9. The van der Waals surface area contributed by atoms with E-state index in [1.54, 1.807) is 54.6 Å². The van der Waals surface area contributed by atoms with Crippen LogP contribution in [-0.2, 0) is 10.4 Å². The summed E-state index contributed by atoms with van der Waals surface area (Å²) in [7, 11) is 1.85. The first-order valence-corrected chi connectivity index (χ1v) is 7.00. The molecule has 0 saturated heterocycles. The molecule has 0 heterocycles. The van der Waals surface area contributed by atoms with E-state index in [0.29, 0.717) is 17.7 Å². The average Bonchev–Trinajstić information content (AvgIpc) is 2.55. The number of rotatable bonds is 6. The van der Waals surface area contributed by atoms with Crippen LogP contribution in [0.1, 0.15) is 11.1 Å². The molecule has 0 spiro atoms. The molecule has 0 saturated carbocycles. The SMILES string of the molecule is CN(CCO)c1ccc(C(O)(C(N)=O)c2ccccc2)cc1. The van der Waals surface area contributed by atoms with E-state index in [1.165, 1.54) is 0 Å². The van der Waals surface area contributed by atoms with Gasteiger partial charge in [-0.1, -0.05) is 42.5 Å². The van der Waals surface area contributed by atoms with Crippen LogP contribution in [0, 0.1) is 0 Å². The number of nitrogens with two attached hydrogens (primary N) is 1. The maximum absolute atomic E-state index is 11.9. The zero-order valence-corrected chi connectivity index (χ0v) is 12.4. The number of hydrogen-bond donors (Lipinski definition) is 3. The van der Waals surface area contributed by atoms with E-state index in [0.717, 1.165) is 5.69 Å². The van der Waals surface area contributed by atoms with Crippen molar-refractivity contribution in [1.82, 2.24) is 0 Å². The van der Waals surface area contributed by atoms with Gasteiger partial charge in [0.1, 0.15) is 0 Å². The highest BCUT2D eigenvalue weighted by Gasteiger charge is 2.37. The average molecular weight is 300 g/mol. The topological polar surface area (TPSA) is 86.8 Å². The van der Waals surface area contributed by atoms with E-state index in [9.17, 15) is 9.90 Å². The maximum Gasteiger partial charge on any atom is 0.258 e. The third-order valence-corrected chi connectivity index (χ3v) is 3.71. The molecule has 1 atom stereocenters. The predicted molar refractivity (Wildman–Crippen MR) is 85.4 cm³/mol. The number of amides is 1. The molecule has 5 heteroatoms. The van der Waals surface area contributed by atoms with Crippen LogP contribution in [-0.4, -0.2) is 36.3 Å². The number of aliphatic hydroxyl groups is 2. The second kappa shape index (κ2) is 6.60. The van der Waals surface area contributed by atoms with Crippen molar-refractivity contribution in [3.05, 3.63) is 65.7 Å². The van der Waals surface area contributed by atoms with Gasteiger partial charge in [0.2, 0.25) is 0 Å². The zero-order chi connectivity index (χ0) is 16.2. The number of likely N-dealkylation sites (N-methyl/N-ethyl adjacent to an activating group) is 1. The molecule has 4 N–H and O–H groups in total. The Bertz CT molecular complexity index is 628. The van der Waals surface area contributed by atoms with Gasteiger partial charge in [0, 0.05) is 19.3 Å². The monoisotopic (exact) mass is 300 g/mol. The van der Waals surface area contributed by atoms with Crippen LogP contribution >= 0.6 is 0 Å². The summed E-state index contributed by atoms with van der Waals surface area (Å²) in [5.41, 5.74) is 5.29. The minimum atomic E-state index is -1.87. The minimum absolute atomic E-state index is 0.0491. The van der Waals surface area contributed by atoms with Crippen LogP contribution in [0.15, 0.2) is 54.6 Å². The molecule has 0 fully saturated rings. The smallest absolute Gasteiger partial charge is 0.258 e. The van der Waals surface area contributed by atoms with Crippen LogP contribution in [0.2, 0.25) is 0 Å². The number of nitrogens with zero attached hydrogens (tertiary/aromatic N) is 1. The summed E-state index contributed by atoms with van der Waals surface area (Å²) in [6.07, 6.45) is 0. The molecular formula is C17H20N2O3. The van der Waals surface area contributed by atoms with E-state index >= 15 is 0 Å². The largest absolute Gasteiger partial charge is 0.395 e. The lowest BCUT2D eigenvalue weighted by molar-refractivity contribution is -0.133. The van der Waals surface area contributed by atoms with Crippen molar-refractivity contribution in [3.63, 3.8) is 0 Å². The normalized spacial score (nSPS) is 13.4. The number of carbonyl (C=O) groups excluding carboxylic acids is 1. The first kappa shape index (κ1) is 16.0. The van der Waals surface area contributed by atoms with Crippen molar-refractivity contribution >= 4 is 11.6 Å². The Kier molecular flexibility index (Phi) is 4.80. The standard InChI is InChI=1S/C17H20N2O3/c1-19(11-12-20)15-9-7-14(8-10-15)17(22,16(18)21)13-5-3-2-4-6-13/h2-10,20,22H,11-12H2,1H3,(H2,18,21). The zero-order valence-electron chi connectivity index (χ0n) is 12.4. The molecule has 1 unspecified atom stereocenters. The molecule has 5 nitrogen and oxygen atoms in total. The Morgan fingerprint density at radius 1 is 1.09 bits per heavy atom. The number of benzene rings is 2. The van der Waals surface area contributed by atoms with Gasteiger partial charge in [-0.2, -0.15) is 0 Å². The lowest BCUT2D eigenvalue weighted by Crippen LogP contribution is -2.42. The molecular weight excluding hydrogens is 280 g/mol. The van der Waals surface area contributed by atoms with Crippen molar-refractivity contribution in [2.45, 2.75) is 5.60 Å². The van der Waals surface area contributed by atoms with Crippen LogP contribution < -0.4 is 10.6 Å². The van der Waals surface area contributed by atoms with Gasteiger partial charge in [-0.15, -0.1) is 0 Å². The lowest BCUT2D eigenvalue weighted by Gasteiger charge is -2.26. The van der Waals surface area contributed by atoms with Gasteiger partial charge in [0.05, 0.1) is 6.61 Å². The summed E-state index contributed by atoms with van der Waals surface area (Å²) in [6.45, 7) is 0.547. The summed E-state index contributed by atoms with van der Waals surface area (Å²) in [5, 5.41) is 19.8. The van der Waals surface area contributed by atoms with Gasteiger partial charge in [-0.05, 0) is 23.3 Å². The summed E-state index contributed by atoms with van der Waals surface area (Å²) < 4.78 is 0. The van der Waals surface area contributed by atoms with Crippen LogP contribution in [0.3, 0.4) is 0 Å². The lowest BCUT2D eigenvalue weighted by atomic mass is 9.85. The highest BCUT2D eigenvalue weighted by Crippen LogP contribution is 2.30. The molecule has 116 valence electrons. The Morgan fingerprint density at radius 3 is 2.14 bits per heavy atom. The summed E-state index contributed by atoms with van der Waals surface area (Å²) in [4.78, 5) is 13.7. The Labute approximate surface area is 129 Å². The second-order valence-electron chi connectivity index (χ2n) is 5.13. The molecule has 2 aromatic rings. The van der Waals surface area contributed by atoms with E-state index < -0.39 is 11.5 Å². The van der Waals surface area contributed by atoms with Crippen molar-refractivity contribution < 1.29 is 15.0 Å². The fourth-order valence-corrected chi connectivity index (χ4v) is 2.37. The number of aliphatic hydroxyl groups excluding tert-OH is 1. The number of anilines is 1. The fourth-order valence-electron chi connectivity index (χ4n) is 2.37. The molecule has 0 aliphatic rings. The van der Waals surface area contributed by atoms with Gasteiger partial charge in [0.25, 0.3) is 5.91 Å². The molecule has 2 aromatic carbocycles. The molecule has 22 heavy (non-hydrogen) atoms. The highest BCUT2D eigenvalue weighted by molar-refractivity contribution is 5.88. The van der Waals surface area contributed by atoms with Gasteiger partial charge in [-0.25, -0.2) is 0 Å². The second-order valence-corrected chi connectivity index (χ2v) is 5.13. The van der Waals surface area contributed by atoms with E-state index in [1.807, 2.05) is 11.9 Å². The predicted octanol–water partition coefficient (Wildman–Crippen LogP) is 0.836. The first-order valence-electron chi connectivity index (χ1n) is 7.00. The third-order valence-electron chi connectivity index (χ3n) is 3.71. The summed E-state index contributed by atoms with van der Waals surface area (Å²) in [6, 6.07) is 15.5. The molecule has 0 aliphatic carbocycles. The van der Waals surface area contributed by atoms with Crippen molar-refractivity contribution in [2.24, 2.45) is 5.73 Å². The number of carbonyl (C=O) groups is 1. The first-order chi connectivity index (χ1) is 10.5. The van der Waals surface area contributed by atoms with Crippen molar-refractivity contribution in [2.75, 3.05) is 25.1 Å². The van der Waals surface area contributed by atoms with Gasteiger partial charge in [-0.3, -0.25) is 4.79 Å². The van der Waals surface area contributed by atoms with Crippen LogP contribution in [0.5, 0.6) is 0 Å². The summed E-state index contributed by atoms with van der Waals surface area (Å²) >= 11 is 0. The molecule has 0 aliphatic heterocycles. The van der Waals surface area contributed by atoms with Crippen LogP contribution in [0.4, 0.5) is 5.69 Å². The van der Waals surface area contributed by atoms with E-state index in [-0.39, 0.29) is 6.61 Å². The Hall–Kier alpha value is -2.37. The fraction of sp³-hybridized carbons (Fsp3) is 0.235. The third kappa shape index (κ3) is 2.95. The number of hydrogen-bond acceptors (Lipinski definition) is 4. The molecule has 2 rings (SSSR count). The van der Waals surface area contributed by atoms with E-state index in [2.05, 4.69) is 0 Å². The van der Waals surface area contributed by atoms with Crippen molar-refractivity contribution in [3.8, 4) is 0 Å². The minimum Gasteiger partial charge on any atom is -0.395 e. The Morgan fingerprint density at radius 2 is 1.64 bits per heavy atom. The van der Waals surface area contributed by atoms with Gasteiger partial charge >= 0.3 is 0 Å². The van der Waals surface area contributed by atoms with E-state index in [4.69, 9.17) is 10.8 Å². The molecule has 0 aromatic heterocycles. The Balaban J connectivity index is 2.40. The van der Waals surface area contributed by atoms with Gasteiger partial charge < -0.3 is 20.8 Å². The number of primary amides is 1. The quantitative estimate of drug-likeness (QED) is 0.737. The van der Waals surface area contributed by atoms with Gasteiger partial charge in [0.15, 0.2) is 5.60 Å². The molecule has 0 radical (unpaired) electrons. The summed E-state index contributed by atoms with van der Waals surface area (Å²) in [5.74, 6) is -0.824. The van der Waals surface area contributed by atoms with Crippen LogP contribution in [0.25, 0.3) is 0 Å².